The van der Waals surface area contributed by atoms with Gasteiger partial charge in [0.25, 0.3) is 0 Å². The van der Waals surface area contributed by atoms with Gasteiger partial charge in [-0.3, -0.25) is 4.79 Å². The number of aromatic amines is 1. The van der Waals surface area contributed by atoms with Crippen LogP contribution in [0.3, 0.4) is 0 Å². The average molecular weight is 327 g/mol. The normalized spacial score (nSPS) is 10.7. The van der Waals surface area contributed by atoms with E-state index in [1.165, 1.54) is 12.1 Å². The van der Waals surface area contributed by atoms with Crippen LogP contribution in [0.2, 0.25) is 0 Å². The van der Waals surface area contributed by atoms with Crippen molar-refractivity contribution in [2.45, 2.75) is 11.4 Å². The van der Waals surface area contributed by atoms with Gasteiger partial charge in [-0.1, -0.05) is 23.9 Å². The van der Waals surface area contributed by atoms with Crippen molar-refractivity contribution in [2.24, 2.45) is 0 Å². The van der Waals surface area contributed by atoms with Crippen molar-refractivity contribution in [1.82, 2.24) is 0 Å². The standard InChI is InChI=1S/C18H15FN2OS/c19-14-6-8-15(9-7-14)20-17(22)11-12-23-18-10-5-13-3-1-2-4-16(13)21-18/h1-10H,11-12H2,(H,20,22)/p+1. The molecule has 0 saturated carbocycles. The zero-order chi connectivity index (χ0) is 16.1. The third-order valence-corrected chi connectivity index (χ3v) is 4.30. The Labute approximate surface area is 137 Å². The fraction of sp³-hybridized carbons (Fsp3) is 0.111. The van der Waals surface area contributed by atoms with E-state index in [1.54, 1.807) is 23.9 Å². The van der Waals surface area contributed by atoms with Crippen LogP contribution in [-0.4, -0.2) is 11.7 Å². The highest BCUT2D eigenvalue weighted by atomic mass is 32.2. The highest BCUT2D eigenvalue weighted by molar-refractivity contribution is 7.99. The number of amides is 1. The Bertz CT molecular complexity index is 821. The predicted octanol–water partition coefficient (Wildman–Crippen LogP) is 3.91. The van der Waals surface area contributed by atoms with Crippen LogP contribution in [0.4, 0.5) is 10.1 Å². The largest absolute Gasteiger partial charge is 0.326 e. The van der Waals surface area contributed by atoms with Crippen LogP contribution in [0.25, 0.3) is 10.9 Å². The molecule has 0 fully saturated rings. The summed E-state index contributed by atoms with van der Waals surface area (Å²) in [6.45, 7) is 0. The van der Waals surface area contributed by atoms with Gasteiger partial charge in [-0.2, -0.15) is 4.98 Å². The summed E-state index contributed by atoms with van der Waals surface area (Å²) in [5, 5.41) is 4.94. The minimum Gasteiger partial charge on any atom is -0.326 e. The summed E-state index contributed by atoms with van der Waals surface area (Å²) in [5.41, 5.74) is 1.69. The summed E-state index contributed by atoms with van der Waals surface area (Å²) in [7, 11) is 0. The number of fused-ring (bicyclic) bond motifs is 1. The van der Waals surface area contributed by atoms with Gasteiger partial charge in [0.05, 0.1) is 0 Å². The van der Waals surface area contributed by atoms with Gasteiger partial charge >= 0.3 is 0 Å². The van der Waals surface area contributed by atoms with E-state index in [0.717, 1.165) is 15.9 Å². The van der Waals surface area contributed by atoms with E-state index in [1.807, 2.05) is 24.3 Å². The van der Waals surface area contributed by atoms with Crippen molar-refractivity contribution in [2.75, 3.05) is 11.1 Å². The molecule has 1 aromatic heterocycles. The van der Waals surface area contributed by atoms with Gasteiger partial charge in [0.1, 0.15) is 5.82 Å². The number of hydrogen-bond donors (Lipinski definition) is 1. The first-order valence-electron chi connectivity index (χ1n) is 7.30. The molecule has 0 aliphatic heterocycles. The number of H-pyrrole nitrogens is 1. The highest BCUT2D eigenvalue weighted by Crippen LogP contribution is 2.17. The Morgan fingerprint density at radius 3 is 2.65 bits per heavy atom. The average Bonchev–Trinajstić information content (AvgIpc) is 2.57. The molecule has 0 atom stereocenters. The molecule has 0 bridgehead atoms. The van der Waals surface area contributed by atoms with Crippen LogP contribution in [0.15, 0.2) is 65.7 Å². The van der Waals surface area contributed by atoms with Gasteiger partial charge in [-0.25, -0.2) is 4.39 Å². The molecule has 2 aromatic carbocycles. The van der Waals surface area contributed by atoms with Crippen molar-refractivity contribution >= 4 is 34.3 Å². The van der Waals surface area contributed by atoms with E-state index in [-0.39, 0.29) is 11.7 Å². The lowest BCUT2D eigenvalue weighted by Crippen LogP contribution is -2.13. The number of hydrogen-bond acceptors (Lipinski definition) is 2. The van der Waals surface area contributed by atoms with Crippen molar-refractivity contribution in [1.29, 1.82) is 0 Å². The molecule has 5 heteroatoms. The second kappa shape index (κ2) is 7.24. The lowest BCUT2D eigenvalue weighted by Gasteiger charge is -2.04. The van der Waals surface area contributed by atoms with Gasteiger partial charge in [0, 0.05) is 35.4 Å². The highest BCUT2D eigenvalue weighted by Gasteiger charge is 2.08. The smallest absolute Gasteiger partial charge is 0.238 e. The van der Waals surface area contributed by atoms with Crippen LogP contribution < -0.4 is 10.3 Å². The van der Waals surface area contributed by atoms with Crippen molar-refractivity contribution < 1.29 is 14.2 Å². The molecule has 0 aliphatic carbocycles. The van der Waals surface area contributed by atoms with Crippen molar-refractivity contribution in [3.05, 3.63) is 66.5 Å². The SMILES string of the molecule is O=C(CCSc1ccc2ccccc2[nH+]1)Nc1ccc(F)cc1. The van der Waals surface area contributed by atoms with Gasteiger partial charge in [0.15, 0.2) is 0 Å². The Morgan fingerprint density at radius 1 is 1.04 bits per heavy atom. The van der Waals surface area contributed by atoms with Gasteiger partial charge < -0.3 is 5.32 Å². The molecule has 0 aliphatic rings. The molecule has 23 heavy (non-hydrogen) atoms. The maximum absolute atomic E-state index is 12.8. The first kappa shape index (κ1) is 15.5. The molecule has 2 N–H and O–H groups in total. The molecule has 3 nitrogen and oxygen atoms in total. The van der Waals surface area contributed by atoms with Crippen LogP contribution in [0.5, 0.6) is 0 Å². The van der Waals surface area contributed by atoms with E-state index in [2.05, 4.69) is 22.4 Å². The van der Waals surface area contributed by atoms with Crippen LogP contribution in [0, 0.1) is 5.82 Å². The maximum atomic E-state index is 12.8. The molecular formula is C18H16FN2OS+. The minimum absolute atomic E-state index is 0.0788. The molecule has 116 valence electrons. The van der Waals surface area contributed by atoms with Crippen LogP contribution >= 0.6 is 11.8 Å². The number of nitrogens with one attached hydrogen (secondary N) is 2. The zero-order valence-corrected chi connectivity index (χ0v) is 13.2. The fourth-order valence-electron chi connectivity index (χ4n) is 2.19. The van der Waals surface area contributed by atoms with E-state index in [0.29, 0.717) is 17.9 Å². The molecule has 0 unspecified atom stereocenters. The number of rotatable bonds is 5. The Kier molecular flexibility index (Phi) is 4.88. The van der Waals surface area contributed by atoms with E-state index >= 15 is 0 Å². The molecule has 0 spiro atoms. The molecular weight excluding hydrogens is 311 g/mol. The Morgan fingerprint density at radius 2 is 1.83 bits per heavy atom. The number of halogens is 1. The Balaban J connectivity index is 1.51. The van der Waals surface area contributed by atoms with E-state index < -0.39 is 0 Å². The fourth-order valence-corrected chi connectivity index (χ4v) is 3.04. The number of benzene rings is 2. The van der Waals surface area contributed by atoms with Gasteiger partial charge in [-0.05, 0) is 36.4 Å². The summed E-state index contributed by atoms with van der Waals surface area (Å²) in [6.07, 6.45) is 0.392. The minimum atomic E-state index is -0.314. The van der Waals surface area contributed by atoms with E-state index in [4.69, 9.17) is 0 Å². The number of carbonyl (C=O) groups excluding carboxylic acids is 1. The zero-order valence-electron chi connectivity index (χ0n) is 12.4. The summed E-state index contributed by atoms with van der Waals surface area (Å²) in [6, 6.07) is 17.9. The van der Waals surface area contributed by atoms with E-state index in [9.17, 15) is 9.18 Å². The number of anilines is 1. The third-order valence-electron chi connectivity index (χ3n) is 3.35. The number of thioether (sulfide) groups is 1. The Hall–Kier alpha value is -2.40. The second-order valence-corrected chi connectivity index (χ2v) is 6.20. The number of pyridine rings is 1. The van der Waals surface area contributed by atoms with Crippen LogP contribution in [-0.2, 0) is 4.79 Å². The molecule has 1 heterocycles. The summed E-state index contributed by atoms with van der Waals surface area (Å²) < 4.78 is 12.8. The summed E-state index contributed by atoms with van der Waals surface area (Å²) in [4.78, 5) is 15.2. The molecule has 3 aromatic rings. The van der Waals surface area contributed by atoms with Gasteiger partial charge in [0.2, 0.25) is 16.4 Å². The lowest BCUT2D eigenvalue weighted by atomic mass is 10.2. The topological polar surface area (TPSA) is 43.2 Å². The van der Waals surface area contributed by atoms with Crippen molar-refractivity contribution in [3.63, 3.8) is 0 Å². The van der Waals surface area contributed by atoms with Crippen molar-refractivity contribution in [3.8, 4) is 0 Å². The summed E-state index contributed by atoms with van der Waals surface area (Å²) >= 11 is 1.60. The first-order chi connectivity index (χ1) is 11.2. The maximum Gasteiger partial charge on any atom is 0.238 e. The molecule has 0 saturated heterocycles. The molecule has 1 amide bonds. The quantitative estimate of drug-likeness (QED) is 0.722. The second-order valence-electron chi connectivity index (χ2n) is 5.06. The summed E-state index contributed by atoms with van der Waals surface area (Å²) in [5.74, 6) is 0.275. The van der Waals surface area contributed by atoms with Gasteiger partial charge in [-0.15, -0.1) is 0 Å². The van der Waals surface area contributed by atoms with Crippen LogP contribution in [0.1, 0.15) is 6.42 Å². The number of carbonyl (C=O) groups is 1. The molecule has 0 radical (unpaired) electrons. The third kappa shape index (κ3) is 4.29. The monoisotopic (exact) mass is 327 g/mol. The predicted molar refractivity (Wildman–Crippen MR) is 90.9 cm³/mol. The number of para-hydroxylation sites is 1. The first-order valence-corrected chi connectivity index (χ1v) is 8.28. The molecule has 3 rings (SSSR count). The lowest BCUT2D eigenvalue weighted by molar-refractivity contribution is -0.395. The number of aromatic nitrogens is 1.